The van der Waals surface area contributed by atoms with E-state index >= 15 is 0 Å². The Morgan fingerprint density at radius 2 is 1.50 bits per heavy atom. The molecule has 0 spiro atoms. The van der Waals surface area contributed by atoms with Crippen LogP contribution in [0.5, 0.6) is 0 Å². The van der Waals surface area contributed by atoms with Crippen LogP contribution in [-0.4, -0.2) is 28.8 Å². The summed E-state index contributed by atoms with van der Waals surface area (Å²) < 4.78 is 0. The van der Waals surface area contributed by atoms with Crippen molar-refractivity contribution in [3.8, 4) is 0 Å². The van der Waals surface area contributed by atoms with Gasteiger partial charge in [0.25, 0.3) is 0 Å². The van der Waals surface area contributed by atoms with Crippen molar-refractivity contribution in [1.82, 2.24) is 10.2 Å². The molecular weight excluding hydrogens is 420 g/mol. The van der Waals surface area contributed by atoms with Crippen molar-refractivity contribution in [3.05, 3.63) is 106 Å². The smallest absolute Gasteiger partial charge is 0.243 e. The van der Waals surface area contributed by atoms with Gasteiger partial charge in [-0.3, -0.25) is 9.59 Å². The van der Waals surface area contributed by atoms with E-state index in [4.69, 9.17) is 0 Å². The number of hydrogen-bond acceptors (Lipinski definition) is 2. The Labute approximate surface area is 204 Å². The third kappa shape index (κ3) is 7.05. The van der Waals surface area contributed by atoms with Gasteiger partial charge in [0.05, 0.1) is 6.42 Å². The first-order valence-corrected chi connectivity index (χ1v) is 12.0. The molecule has 2 amide bonds. The number of aryl methyl sites for hydroxylation is 3. The Balaban J connectivity index is 1.98. The zero-order valence-corrected chi connectivity index (χ0v) is 21.0. The standard InChI is InChI=1S/C30H36N2O2/c1-21(2)31-30(34)28(18-25-11-7-6-8-12-25)32(20-27-13-9-10-22(3)16-27)29(33)19-26-15-14-23(4)24(5)17-26/h6-17,21,28H,18-20H2,1-5H3,(H,31,34)/t28-/m0/s1. The van der Waals surface area contributed by atoms with Gasteiger partial charge in [-0.1, -0.05) is 78.4 Å². The summed E-state index contributed by atoms with van der Waals surface area (Å²) in [6, 6.07) is 23.5. The third-order valence-electron chi connectivity index (χ3n) is 6.06. The molecule has 178 valence electrons. The van der Waals surface area contributed by atoms with Crippen molar-refractivity contribution >= 4 is 11.8 Å². The summed E-state index contributed by atoms with van der Waals surface area (Å²) in [5.41, 5.74) is 6.50. The molecule has 0 heterocycles. The highest BCUT2D eigenvalue weighted by Gasteiger charge is 2.30. The van der Waals surface area contributed by atoms with E-state index in [-0.39, 0.29) is 24.3 Å². The lowest BCUT2D eigenvalue weighted by Gasteiger charge is -2.32. The Morgan fingerprint density at radius 1 is 0.794 bits per heavy atom. The molecule has 0 aliphatic rings. The Morgan fingerprint density at radius 3 is 2.15 bits per heavy atom. The van der Waals surface area contributed by atoms with Crippen LogP contribution >= 0.6 is 0 Å². The molecule has 3 rings (SSSR count). The van der Waals surface area contributed by atoms with Crippen molar-refractivity contribution in [2.24, 2.45) is 0 Å². The topological polar surface area (TPSA) is 49.4 Å². The van der Waals surface area contributed by atoms with Crippen LogP contribution in [0, 0.1) is 20.8 Å². The molecule has 3 aromatic rings. The number of benzene rings is 3. The van der Waals surface area contributed by atoms with Gasteiger partial charge in [-0.15, -0.1) is 0 Å². The summed E-state index contributed by atoms with van der Waals surface area (Å²) in [7, 11) is 0. The van der Waals surface area contributed by atoms with E-state index in [1.807, 2.05) is 75.4 Å². The molecule has 1 N–H and O–H groups in total. The minimum atomic E-state index is -0.607. The second-order valence-electron chi connectivity index (χ2n) is 9.47. The maximum Gasteiger partial charge on any atom is 0.243 e. The van der Waals surface area contributed by atoms with Crippen molar-refractivity contribution in [2.45, 2.75) is 66.1 Å². The van der Waals surface area contributed by atoms with Crippen LogP contribution in [0.4, 0.5) is 0 Å². The normalized spacial score (nSPS) is 11.8. The summed E-state index contributed by atoms with van der Waals surface area (Å²) in [6.45, 7) is 10.4. The number of carbonyl (C=O) groups excluding carboxylic acids is 2. The Hall–Kier alpha value is -3.40. The van der Waals surface area contributed by atoms with Gasteiger partial charge in [0.1, 0.15) is 6.04 Å². The van der Waals surface area contributed by atoms with Gasteiger partial charge in [0, 0.05) is 19.0 Å². The van der Waals surface area contributed by atoms with Gasteiger partial charge in [-0.05, 0) is 62.4 Å². The monoisotopic (exact) mass is 456 g/mol. The molecule has 0 saturated carbocycles. The first kappa shape index (κ1) is 25.2. The van der Waals surface area contributed by atoms with Gasteiger partial charge in [0.15, 0.2) is 0 Å². The van der Waals surface area contributed by atoms with Crippen LogP contribution in [0.15, 0.2) is 72.8 Å². The van der Waals surface area contributed by atoms with Gasteiger partial charge in [-0.25, -0.2) is 0 Å². The summed E-state index contributed by atoms with van der Waals surface area (Å²) in [5, 5.41) is 3.04. The summed E-state index contributed by atoms with van der Waals surface area (Å²) in [6.07, 6.45) is 0.719. The van der Waals surface area contributed by atoms with E-state index in [1.54, 1.807) is 4.90 Å². The molecule has 0 aliphatic heterocycles. The lowest BCUT2D eigenvalue weighted by atomic mass is 10.00. The molecule has 34 heavy (non-hydrogen) atoms. The molecule has 0 fully saturated rings. The average molecular weight is 457 g/mol. The van der Waals surface area contributed by atoms with Crippen LogP contribution in [0.2, 0.25) is 0 Å². The number of rotatable bonds is 9. The molecule has 4 nitrogen and oxygen atoms in total. The summed E-state index contributed by atoms with van der Waals surface area (Å²) in [4.78, 5) is 28.9. The van der Waals surface area contributed by atoms with E-state index in [1.165, 1.54) is 5.56 Å². The number of amides is 2. The van der Waals surface area contributed by atoms with E-state index in [9.17, 15) is 9.59 Å². The van der Waals surface area contributed by atoms with Crippen LogP contribution in [-0.2, 0) is 29.0 Å². The largest absolute Gasteiger partial charge is 0.352 e. The maximum atomic E-state index is 13.8. The minimum Gasteiger partial charge on any atom is -0.352 e. The number of carbonyl (C=O) groups is 2. The zero-order valence-electron chi connectivity index (χ0n) is 21.0. The molecule has 0 bridgehead atoms. The average Bonchev–Trinajstić information content (AvgIpc) is 2.79. The van der Waals surface area contributed by atoms with Crippen LogP contribution < -0.4 is 5.32 Å². The van der Waals surface area contributed by atoms with Gasteiger partial charge in [-0.2, -0.15) is 0 Å². The van der Waals surface area contributed by atoms with Crippen molar-refractivity contribution in [3.63, 3.8) is 0 Å². The van der Waals surface area contributed by atoms with E-state index in [0.29, 0.717) is 13.0 Å². The van der Waals surface area contributed by atoms with E-state index in [2.05, 4.69) is 37.4 Å². The number of hydrogen-bond donors (Lipinski definition) is 1. The molecule has 0 radical (unpaired) electrons. The fraction of sp³-hybridized carbons (Fsp3) is 0.333. The van der Waals surface area contributed by atoms with E-state index in [0.717, 1.165) is 27.8 Å². The van der Waals surface area contributed by atoms with Crippen molar-refractivity contribution in [1.29, 1.82) is 0 Å². The van der Waals surface area contributed by atoms with Crippen LogP contribution in [0.1, 0.15) is 47.2 Å². The summed E-state index contributed by atoms with van der Waals surface area (Å²) >= 11 is 0. The van der Waals surface area contributed by atoms with Crippen LogP contribution in [0.3, 0.4) is 0 Å². The summed E-state index contributed by atoms with van der Waals surface area (Å²) in [5.74, 6) is -0.176. The second-order valence-corrected chi connectivity index (χ2v) is 9.47. The quantitative estimate of drug-likeness (QED) is 0.474. The second kappa shape index (κ2) is 11.6. The Kier molecular flexibility index (Phi) is 8.64. The lowest BCUT2D eigenvalue weighted by Crippen LogP contribution is -2.52. The molecule has 0 saturated heterocycles. The molecule has 0 aromatic heterocycles. The molecule has 1 atom stereocenters. The van der Waals surface area contributed by atoms with Gasteiger partial charge in [0.2, 0.25) is 11.8 Å². The molecular formula is C30H36N2O2. The molecule has 3 aromatic carbocycles. The highest BCUT2D eigenvalue weighted by atomic mass is 16.2. The fourth-order valence-corrected chi connectivity index (χ4v) is 4.13. The predicted octanol–water partition coefficient (Wildman–Crippen LogP) is 5.32. The Bertz CT molecular complexity index is 1120. The highest BCUT2D eigenvalue weighted by molar-refractivity contribution is 5.89. The number of nitrogens with one attached hydrogen (secondary N) is 1. The van der Waals surface area contributed by atoms with Gasteiger partial charge >= 0.3 is 0 Å². The minimum absolute atomic E-state index is 0.0126. The third-order valence-corrected chi connectivity index (χ3v) is 6.06. The zero-order chi connectivity index (χ0) is 24.7. The number of nitrogens with zero attached hydrogens (tertiary/aromatic N) is 1. The molecule has 0 unspecified atom stereocenters. The molecule has 4 heteroatoms. The SMILES string of the molecule is Cc1cccc(CN(C(=O)Cc2ccc(C)c(C)c2)[C@@H](Cc2ccccc2)C(=O)NC(C)C)c1. The first-order chi connectivity index (χ1) is 16.2. The maximum absolute atomic E-state index is 13.8. The van der Waals surface area contributed by atoms with Crippen LogP contribution in [0.25, 0.3) is 0 Å². The first-order valence-electron chi connectivity index (χ1n) is 12.0. The van der Waals surface area contributed by atoms with Crippen molar-refractivity contribution < 1.29 is 9.59 Å². The highest BCUT2D eigenvalue weighted by Crippen LogP contribution is 2.18. The predicted molar refractivity (Wildman–Crippen MR) is 139 cm³/mol. The van der Waals surface area contributed by atoms with Crippen molar-refractivity contribution in [2.75, 3.05) is 0 Å². The lowest BCUT2D eigenvalue weighted by molar-refractivity contribution is -0.141. The van der Waals surface area contributed by atoms with Gasteiger partial charge < -0.3 is 10.2 Å². The fourth-order valence-electron chi connectivity index (χ4n) is 4.13. The van der Waals surface area contributed by atoms with E-state index < -0.39 is 6.04 Å². The molecule has 0 aliphatic carbocycles.